The molecule has 0 N–H and O–H groups in total. The highest BCUT2D eigenvalue weighted by Crippen LogP contribution is 2.34. The van der Waals surface area contributed by atoms with Gasteiger partial charge in [-0.3, -0.25) is 0 Å². The van der Waals surface area contributed by atoms with Crippen LogP contribution in [-0.4, -0.2) is 20.5 Å². The third kappa shape index (κ3) is 1.87. The maximum Gasteiger partial charge on any atom is 0.164 e. The van der Waals surface area contributed by atoms with Crippen LogP contribution in [0.4, 0.5) is 0 Å². The van der Waals surface area contributed by atoms with Crippen LogP contribution in [0.5, 0.6) is 11.5 Å². The Morgan fingerprint density at radius 1 is 1.29 bits per heavy atom. The Morgan fingerprint density at radius 3 is 2.50 bits per heavy atom. The molecule has 3 nitrogen and oxygen atoms in total. The van der Waals surface area contributed by atoms with Gasteiger partial charge in [-0.25, -0.2) is 0 Å². The number of para-hydroxylation sites is 1. The summed E-state index contributed by atoms with van der Waals surface area (Å²) in [6.07, 6.45) is 0.886. The lowest BCUT2D eigenvalue weighted by Gasteiger charge is -2.13. The van der Waals surface area contributed by atoms with Gasteiger partial charge < -0.3 is 14.3 Å². The summed E-state index contributed by atoms with van der Waals surface area (Å²) >= 11 is 0. The molecule has 0 aliphatic carbocycles. The molecule has 0 saturated heterocycles. The summed E-state index contributed by atoms with van der Waals surface area (Å²) in [6, 6.07) is 5.51. The molecule has 0 aromatic heterocycles. The molecule has 0 amide bonds. The number of hydrogen-bond acceptors (Lipinski definition) is 3. The SMILES string of the molecule is COc1cccc(C(C)C=O)c1OC. The Morgan fingerprint density at radius 2 is 2.00 bits per heavy atom. The van der Waals surface area contributed by atoms with Gasteiger partial charge in [0.2, 0.25) is 0 Å². The van der Waals surface area contributed by atoms with Gasteiger partial charge in [-0.15, -0.1) is 0 Å². The van der Waals surface area contributed by atoms with Crippen molar-refractivity contribution in [2.75, 3.05) is 14.2 Å². The Labute approximate surface area is 83.6 Å². The van der Waals surface area contributed by atoms with E-state index in [1.807, 2.05) is 19.1 Å². The lowest BCUT2D eigenvalue weighted by atomic mass is 10.0. The molecule has 0 heterocycles. The molecule has 0 fully saturated rings. The number of carbonyl (C=O) groups excluding carboxylic acids is 1. The van der Waals surface area contributed by atoms with Gasteiger partial charge in [0, 0.05) is 11.5 Å². The van der Waals surface area contributed by atoms with Crippen LogP contribution in [-0.2, 0) is 4.79 Å². The zero-order valence-electron chi connectivity index (χ0n) is 8.61. The molecular weight excluding hydrogens is 180 g/mol. The molecule has 0 bridgehead atoms. The first-order valence-electron chi connectivity index (χ1n) is 4.40. The Balaban J connectivity index is 3.21. The quantitative estimate of drug-likeness (QED) is 0.688. The number of aldehydes is 1. The minimum absolute atomic E-state index is 0.181. The molecule has 3 heteroatoms. The first-order valence-corrected chi connectivity index (χ1v) is 4.40. The molecule has 76 valence electrons. The second-order valence-corrected chi connectivity index (χ2v) is 3.01. The largest absolute Gasteiger partial charge is 0.493 e. The molecule has 1 aromatic carbocycles. The van der Waals surface area contributed by atoms with Gasteiger partial charge in [0.1, 0.15) is 6.29 Å². The van der Waals surface area contributed by atoms with Crippen molar-refractivity contribution >= 4 is 6.29 Å². The van der Waals surface area contributed by atoms with Crippen LogP contribution in [0.3, 0.4) is 0 Å². The van der Waals surface area contributed by atoms with Crippen LogP contribution in [0.2, 0.25) is 0 Å². The monoisotopic (exact) mass is 194 g/mol. The van der Waals surface area contributed by atoms with Gasteiger partial charge >= 0.3 is 0 Å². The highest BCUT2D eigenvalue weighted by atomic mass is 16.5. The summed E-state index contributed by atoms with van der Waals surface area (Å²) in [5.41, 5.74) is 0.849. The van der Waals surface area contributed by atoms with E-state index >= 15 is 0 Å². The highest BCUT2D eigenvalue weighted by Gasteiger charge is 2.14. The van der Waals surface area contributed by atoms with Gasteiger partial charge in [-0.2, -0.15) is 0 Å². The first-order chi connectivity index (χ1) is 6.74. The van der Waals surface area contributed by atoms with Gasteiger partial charge in [-0.1, -0.05) is 19.1 Å². The third-order valence-corrected chi connectivity index (χ3v) is 2.13. The molecular formula is C11H14O3. The number of methoxy groups -OCH3 is 2. The van der Waals surface area contributed by atoms with Crippen LogP contribution in [0, 0.1) is 0 Å². The number of carbonyl (C=O) groups is 1. The van der Waals surface area contributed by atoms with Crippen molar-refractivity contribution in [3.63, 3.8) is 0 Å². The van der Waals surface area contributed by atoms with Gasteiger partial charge in [-0.05, 0) is 6.07 Å². The van der Waals surface area contributed by atoms with Crippen molar-refractivity contribution in [3.05, 3.63) is 23.8 Å². The second-order valence-electron chi connectivity index (χ2n) is 3.01. The predicted octanol–water partition coefficient (Wildman–Crippen LogP) is 2.01. The van der Waals surface area contributed by atoms with E-state index in [1.165, 1.54) is 0 Å². The summed E-state index contributed by atoms with van der Waals surface area (Å²) in [6.45, 7) is 1.82. The van der Waals surface area contributed by atoms with Gasteiger partial charge in [0.15, 0.2) is 11.5 Å². The Hall–Kier alpha value is -1.51. The van der Waals surface area contributed by atoms with E-state index in [1.54, 1.807) is 20.3 Å². The van der Waals surface area contributed by atoms with E-state index in [4.69, 9.17) is 9.47 Å². The van der Waals surface area contributed by atoms with Crippen LogP contribution >= 0.6 is 0 Å². The molecule has 1 rings (SSSR count). The average Bonchev–Trinajstić information content (AvgIpc) is 2.26. The van der Waals surface area contributed by atoms with E-state index in [9.17, 15) is 4.79 Å². The van der Waals surface area contributed by atoms with Crippen molar-refractivity contribution in [1.29, 1.82) is 0 Å². The molecule has 0 aliphatic rings. The number of ether oxygens (including phenoxy) is 2. The highest BCUT2D eigenvalue weighted by molar-refractivity contribution is 5.65. The average molecular weight is 194 g/mol. The Kier molecular flexibility index (Phi) is 3.51. The summed E-state index contributed by atoms with van der Waals surface area (Å²) in [4.78, 5) is 10.7. The van der Waals surface area contributed by atoms with Crippen LogP contribution < -0.4 is 9.47 Å². The van der Waals surface area contributed by atoms with E-state index in [2.05, 4.69) is 0 Å². The van der Waals surface area contributed by atoms with E-state index < -0.39 is 0 Å². The number of benzene rings is 1. The topological polar surface area (TPSA) is 35.5 Å². The van der Waals surface area contributed by atoms with Crippen molar-refractivity contribution in [2.24, 2.45) is 0 Å². The zero-order valence-corrected chi connectivity index (χ0v) is 8.61. The first kappa shape index (κ1) is 10.6. The molecule has 0 spiro atoms. The summed E-state index contributed by atoms with van der Waals surface area (Å²) in [7, 11) is 3.14. The van der Waals surface area contributed by atoms with Crippen molar-refractivity contribution in [3.8, 4) is 11.5 Å². The van der Waals surface area contributed by atoms with Crippen LogP contribution in [0.1, 0.15) is 18.4 Å². The fourth-order valence-electron chi connectivity index (χ4n) is 1.34. The molecule has 1 unspecified atom stereocenters. The zero-order chi connectivity index (χ0) is 10.6. The molecule has 14 heavy (non-hydrogen) atoms. The van der Waals surface area contributed by atoms with Crippen LogP contribution in [0.25, 0.3) is 0 Å². The van der Waals surface area contributed by atoms with E-state index in [0.29, 0.717) is 11.5 Å². The molecule has 0 radical (unpaired) electrons. The van der Waals surface area contributed by atoms with Crippen LogP contribution in [0.15, 0.2) is 18.2 Å². The lowest BCUT2D eigenvalue weighted by Crippen LogP contribution is -2.00. The smallest absolute Gasteiger partial charge is 0.164 e. The van der Waals surface area contributed by atoms with Gasteiger partial charge in [0.05, 0.1) is 14.2 Å². The molecule has 0 aliphatic heterocycles. The molecule has 1 aromatic rings. The van der Waals surface area contributed by atoms with Crippen molar-refractivity contribution < 1.29 is 14.3 Å². The van der Waals surface area contributed by atoms with Gasteiger partial charge in [0.25, 0.3) is 0 Å². The number of rotatable bonds is 4. The second kappa shape index (κ2) is 4.65. The minimum Gasteiger partial charge on any atom is -0.493 e. The van der Waals surface area contributed by atoms with Crippen molar-refractivity contribution in [1.82, 2.24) is 0 Å². The summed E-state index contributed by atoms with van der Waals surface area (Å²) < 4.78 is 10.3. The normalized spacial score (nSPS) is 11.9. The fourth-order valence-corrected chi connectivity index (χ4v) is 1.34. The fraction of sp³-hybridized carbons (Fsp3) is 0.364. The van der Waals surface area contributed by atoms with Crippen molar-refractivity contribution in [2.45, 2.75) is 12.8 Å². The predicted molar refractivity (Wildman–Crippen MR) is 54.0 cm³/mol. The third-order valence-electron chi connectivity index (χ3n) is 2.13. The summed E-state index contributed by atoms with van der Waals surface area (Å²) in [5, 5.41) is 0. The Bertz CT molecular complexity index is 320. The summed E-state index contributed by atoms with van der Waals surface area (Å²) in [5.74, 6) is 1.10. The molecule has 1 atom stereocenters. The standard InChI is InChI=1S/C11H14O3/c1-8(7-12)9-5-4-6-10(13-2)11(9)14-3/h4-8H,1-3H3. The maximum atomic E-state index is 10.7. The van der Waals surface area contributed by atoms with E-state index in [0.717, 1.165) is 11.8 Å². The van der Waals surface area contributed by atoms with E-state index in [-0.39, 0.29) is 5.92 Å². The minimum atomic E-state index is -0.181. The lowest BCUT2D eigenvalue weighted by molar-refractivity contribution is -0.108. The molecule has 0 saturated carbocycles. The maximum absolute atomic E-state index is 10.7. The number of hydrogen-bond donors (Lipinski definition) is 0.